The van der Waals surface area contributed by atoms with Crippen LogP contribution in [0.3, 0.4) is 0 Å². The molecule has 0 saturated carbocycles. The number of carbonyl (C=O) groups excluding carboxylic acids is 2. The van der Waals surface area contributed by atoms with E-state index in [1.807, 2.05) is 26.0 Å². The number of nitrogens with zero attached hydrogens (tertiary/aromatic N) is 2. The van der Waals surface area contributed by atoms with Crippen LogP contribution < -0.4 is 10.6 Å². The number of aromatic nitrogens is 2. The van der Waals surface area contributed by atoms with Crippen molar-refractivity contribution in [2.75, 3.05) is 10.6 Å². The van der Waals surface area contributed by atoms with E-state index in [-0.39, 0.29) is 17.7 Å². The maximum Gasteiger partial charge on any atom is 0.257 e. The van der Waals surface area contributed by atoms with Gasteiger partial charge in [-0.2, -0.15) is 10.2 Å². The molecule has 118 valence electrons. The summed E-state index contributed by atoms with van der Waals surface area (Å²) in [6.07, 6.45) is 4.39. The van der Waals surface area contributed by atoms with Crippen LogP contribution in [0.15, 0.2) is 30.6 Å². The topological polar surface area (TPSA) is 84.0 Å². The highest BCUT2D eigenvalue weighted by atomic mass is 16.2. The summed E-state index contributed by atoms with van der Waals surface area (Å²) in [4.78, 5) is 24.2. The van der Waals surface area contributed by atoms with E-state index < -0.39 is 0 Å². The quantitative estimate of drug-likeness (QED) is 0.912. The third-order valence-corrected chi connectivity index (χ3v) is 4.10. The zero-order valence-corrected chi connectivity index (χ0v) is 13.1. The molecule has 1 atom stereocenters. The second-order valence-corrected chi connectivity index (χ2v) is 5.71. The number of nitrogens with one attached hydrogen (secondary N) is 2. The third kappa shape index (κ3) is 3.06. The molecular formula is C17H18N4O2. The first kappa shape index (κ1) is 15.1. The van der Waals surface area contributed by atoms with Gasteiger partial charge in [0.05, 0.1) is 18.0 Å². The smallest absolute Gasteiger partial charge is 0.257 e. The fraction of sp³-hybridized carbons (Fsp3) is 0.294. The molecular weight excluding hydrogens is 292 g/mol. The van der Waals surface area contributed by atoms with Crippen molar-refractivity contribution < 1.29 is 9.59 Å². The van der Waals surface area contributed by atoms with Crippen molar-refractivity contribution >= 4 is 23.2 Å². The Morgan fingerprint density at radius 1 is 1.39 bits per heavy atom. The van der Waals surface area contributed by atoms with Gasteiger partial charge in [0.25, 0.3) is 5.91 Å². The van der Waals surface area contributed by atoms with E-state index in [9.17, 15) is 9.59 Å². The van der Waals surface area contributed by atoms with Crippen molar-refractivity contribution in [2.45, 2.75) is 26.7 Å². The SMILES string of the molecule is CCC1Cc2cc(NC(=O)c3ccnnc3)cc(C)c2NC1=O. The summed E-state index contributed by atoms with van der Waals surface area (Å²) in [7, 11) is 0. The zero-order valence-electron chi connectivity index (χ0n) is 13.1. The monoisotopic (exact) mass is 310 g/mol. The van der Waals surface area contributed by atoms with Crippen molar-refractivity contribution in [1.82, 2.24) is 10.2 Å². The molecule has 0 fully saturated rings. The first-order chi connectivity index (χ1) is 11.1. The molecule has 1 aliphatic heterocycles. The Labute approximate surface area is 134 Å². The second-order valence-electron chi connectivity index (χ2n) is 5.71. The Bertz CT molecular complexity index is 759. The van der Waals surface area contributed by atoms with Crippen molar-refractivity contribution in [2.24, 2.45) is 5.92 Å². The van der Waals surface area contributed by atoms with Gasteiger partial charge in [-0.3, -0.25) is 9.59 Å². The average Bonchev–Trinajstić information content (AvgIpc) is 2.56. The van der Waals surface area contributed by atoms with E-state index in [1.54, 1.807) is 6.07 Å². The minimum absolute atomic E-state index is 0.0164. The Morgan fingerprint density at radius 2 is 2.22 bits per heavy atom. The zero-order chi connectivity index (χ0) is 16.4. The first-order valence-electron chi connectivity index (χ1n) is 7.61. The van der Waals surface area contributed by atoms with Crippen molar-refractivity contribution in [1.29, 1.82) is 0 Å². The lowest BCUT2D eigenvalue weighted by Crippen LogP contribution is -2.30. The molecule has 6 heteroatoms. The maximum atomic E-state index is 12.2. The van der Waals surface area contributed by atoms with Gasteiger partial charge in [0.2, 0.25) is 5.91 Å². The lowest BCUT2D eigenvalue weighted by atomic mass is 9.89. The van der Waals surface area contributed by atoms with Crippen LogP contribution in [0.25, 0.3) is 0 Å². The summed E-state index contributed by atoms with van der Waals surface area (Å²) in [6, 6.07) is 5.40. The third-order valence-electron chi connectivity index (χ3n) is 4.10. The number of benzene rings is 1. The van der Waals surface area contributed by atoms with E-state index in [4.69, 9.17) is 0 Å². The van der Waals surface area contributed by atoms with Gasteiger partial charge < -0.3 is 10.6 Å². The van der Waals surface area contributed by atoms with E-state index in [0.29, 0.717) is 17.7 Å². The molecule has 0 spiro atoms. The fourth-order valence-electron chi connectivity index (χ4n) is 2.81. The van der Waals surface area contributed by atoms with Crippen LogP contribution in [0.4, 0.5) is 11.4 Å². The van der Waals surface area contributed by atoms with Crippen molar-refractivity contribution in [3.8, 4) is 0 Å². The molecule has 1 aromatic heterocycles. The van der Waals surface area contributed by atoms with Crippen molar-refractivity contribution in [3.05, 3.63) is 47.3 Å². The summed E-state index contributed by atoms with van der Waals surface area (Å²) < 4.78 is 0. The van der Waals surface area contributed by atoms with Gasteiger partial charge >= 0.3 is 0 Å². The number of hydrogen-bond acceptors (Lipinski definition) is 4. The summed E-state index contributed by atoms with van der Waals surface area (Å²) in [5.41, 5.74) is 4.03. The van der Waals surface area contributed by atoms with Crippen LogP contribution >= 0.6 is 0 Å². The lowest BCUT2D eigenvalue weighted by Gasteiger charge is -2.26. The molecule has 3 rings (SSSR count). The van der Waals surface area contributed by atoms with Crippen LogP contribution in [-0.4, -0.2) is 22.0 Å². The molecule has 1 unspecified atom stereocenters. The van der Waals surface area contributed by atoms with E-state index >= 15 is 0 Å². The number of amides is 2. The Hall–Kier alpha value is -2.76. The fourth-order valence-corrected chi connectivity index (χ4v) is 2.81. The largest absolute Gasteiger partial charge is 0.325 e. The van der Waals surface area contributed by atoms with Crippen LogP contribution in [0.2, 0.25) is 0 Å². The molecule has 0 saturated heterocycles. The van der Waals surface area contributed by atoms with Gasteiger partial charge in [0, 0.05) is 17.3 Å². The Kier molecular flexibility index (Phi) is 4.06. The average molecular weight is 310 g/mol. The molecule has 2 heterocycles. The number of rotatable bonds is 3. The van der Waals surface area contributed by atoms with Gasteiger partial charge in [-0.05, 0) is 49.1 Å². The number of anilines is 2. The molecule has 0 radical (unpaired) electrons. The standard InChI is InChI=1S/C17H18N4O2/c1-3-11-7-13-8-14(6-10(2)15(13)21-16(11)22)20-17(23)12-4-5-18-19-9-12/h4-6,8-9,11H,3,7H2,1-2H3,(H,20,23)(H,21,22). The van der Waals surface area contributed by atoms with Gasteiger partial charge in [0.1, 0.15) is 0 Å². The van der Waals surface area contributed by atoms with Crippen molar-refractivity contribution in [3.63, 3.8) is 0 Å². The summed E-state index contributed by atoms with van der Waals surface area (Å²) in [5, 5.41) is 13.2. The molecule has 0 bridgehead atoms. The van der Waals surface area contributed by atoms with Crippen LogP contribution in [-0.2, 0) is 11.2 Å². The lowest BCUT2D eigenvalue weighted by molar-refractivity contribution is -0.120. The van der Waals surface area contributed by atoms with E-state index in [0.717, 1.165) is 23.2 Å². The highest BCUT2D eigenvalue weighted by molar-refractivity contribution is 6.04. The molecule has 6 nitrogen and oxygen atoms in total. The predicted molar refractivity (Wildman–Crippen MR) is 87.3 cm³/mol. The maximum absolute atomic E-state index is 12.2. The van der Waals surface area contributed by atoms with Gasteiger partial charge in [-0.1, -0.05) is 6.92 Å². The van der Waals surface area contributed by atoms with Crippen LogP contribution in [0.1, 0.15) is 34.8 Å². The summed E-state index contributed by atoms with van der Waals surface area (Å²) >= 11 is 0. The second kappa shape index (κ2) is 6.16. The minimum Gasteiger partial charge on any atom is -0.325 e. The molecule has 2 N–H and O–H groups in total. The number of hydrogen-bond donors (Lipinski definition) is 2. The number of fused-ring (bicyclic) bond motifs is 1. The van der Waals surface area contributed by atoms with Gasteiger partial charge in [-0.25, -0.2) is 0 Å². The number of carbonyl (C=O) groups is 2. The predicted octanol–water partition coefficient (Wildman–Crippen LogP) is 2.56. The highest BCUT2D eigenvalue weighted by Gasteiger charge is 2.26. The summed E-state index contributed by atoms with van der Waals surface area (Å²) in [6.45, 7) is 3.93. The first-order valence-corrected chi connectivity index (χ1v) is 7.61. The van der Waals surface area contributed by atoms with Crippen LogP contribution in [0.5, 0.6) is 0 Å². The molecule has 0 aliphatic carbocycles. The number of aryl methyl sites for hydroxylation is 1. The molecule has 1 aromatic carbocycles. The van der Waals surface area contributed by atoms with E-state index in [1.165, 1.54) is 12.4 Å². The Morgan fingerprint density at radius 3 is 2.91 bits per heavy atom. The molecule has 2 amide bonds. The summed E-state index contributed by atoms with van der Waals surface area (Å²) in [5.74, 6) is -0.175. The van der Waals surface area contributed by atoms with Gasteiger partial charge in [-0.15, -0.1) is 0 Å². The van der Waals surface area contributed by atoms with E-state index in [2.05, 4.69) is 20.8 Å². The molecule has 23 heavy (non-hydrogen) atoms. The highest BCUT2D eigenvalue weighted by Crippen LogP contribution is 2.32. The Balaban J connectivity index is 1.87. The normalized spacial score (nSPS) is 16.4. The molecule has 1 aliphatic rings. The minimum atomic E-state index is -0.230. The molecule has 2 aromatic rings. The van der Waals surface area contributed by atoms with Gasteiger partial charge in [0.15, 0.2) is 0 Å². The van der Waals surface area contributed by atoms with Crippen LogP contribution in [0, 0.1) is 12.8 Å².